The normalized spacial score (nSPS) is 21.3. The van der Waals surface area contributed by atoms with Crippen molar-refractivity contribution in [3.8, 4) is 0 Å². The SMILES string of the molecule is CC(C)C[C@@H]1NC(=O)CCCCCCCNC(=O)[C@H](Cc2ccc3ccccc3c2)NC(=O)[C@H](CCCN=C(N)N)NC(=O)[C@H](CC(C)C)NC(=O)[C@H](Cc2ccc3ccccc3c2)NC(=O)[C@H](CCCN=C(N)N)NC1=O. The van der Waals surface area contributed by atoms with Gasteiger partial charge in [0.15, 0.2) is 11.9 Å². The number of nitrogens with one attached hydrogen (secondary N) is 7. The van der Waals surface area contributed by atoms with Gasteiger partial charge in [-0.3, -0.25) is 43.5 Å². The number of carbonyl (C=O) groups is 7. The largest absolute Gasteiger partial charge is 0.370 e. The third-order valence-electron chi connectivity index (χ3n) is 13.5. The number of rotatable bonds is 16. The summed E-state index contributed by atoms with van der Waals surface area (Å²) in [5, 5.41) is 24.2. The summed E-state index contributed by atoms with van der Waals surface area (Å²) in [5.74, 6) is -4.42. The Labute approximate surface area is 458 Å². The van der Waals surface area contributed by atoms with E-state index in [1.165, 1.54) is 0 Å². The second kappa shape index (κ2) is 31.5. The molecule has 6 atom stereocenters. The first-order valence-electron chi connectivity index (χ1n) is 27.5. The number of benzene rings is 4. The smallest absolute Gasteiger partial charge is 0.243 e. The van der Waals surface area contributed by atoms with E-state index in [1.54, 1.807) is 0 Å². The standard InChI is InChI=1S/C58H83N13O7/c1-36(2)30-46-54(76)67-45(21-15-29-65-58(61)62)53(75)71-49(35-39-24-26-41-17-10-12-19-43(41)33-39)56(78)69-47(31-37(3)4)55(77)68-44(20-14-28-64-57(59)60)52(74)70-48(34-38-23-25-40-16-9-11-18-42(40)32-38)51(73)63-27-13-7-5-6-8-22-50(72)66-46/h9-12,16-19,23-26,32-33,36-37,44-49H,5-8,13-15,20-22,27-31,34-35H2,1-4H3,(H,63,73)(H,66,72)(H,67,76)(H,68,77)(H,69,78)(H,70,74)(H,71,75)(H4,59,60,64)(H4,61,62,65)/t44-,45-,46-,47-,48-,49-/m0/s1. The van der Waals surface area contributed by atoms with Crippen LogP contribution in [0.3, 0.4) is 0 Å². The quantitative estimate of drug-likeness (QED) is 0.0439. The van der Waals surface area contributed by atoms with Crippen LogP contribution in [-0.4, -0.2) is 109 Å². The lowest BCUT2D eigenvalue weighted by Crippen LogP contribution is -2.60. The maximum absolute atomic E-state index is 14.9. The summed E-state index contributed by atoms with van der Waals surface area (Å²) in [6.07, 6.45) is 4.87. The van der Waals surface area contributed by atoms with E-state index in [1.807, 2.05) is 113 Å². The van der Waals surface area contributed by atoms with Crippen LogP contribution in [0.15, 0.2) is 94.9 Å². The molecule has 0 aromatic heterocycles. The van der Waals surface area contributed by atoms with Gasteiger partial charge in [0.1, 0.15) is 36.3 Å². The molecule has 0 radical (unpaired) electrons. The van der Waals surface area contributed by atoms with Crippen LogP contribution in [0.4, 0.5) is 0 Å². The first kappa shape index (κ1) is 61.1. The molecule has 0 saturated carbocycles. The zero-order valence-corrected chi connectivity index (χ0v) is 45.8. The molecule has 4 aromatic carbocycles. The Hall–Kier alpha value is -7.77. The maximum Gasteiger partial charge on any atom is 0.243 e. The Morgan fingerprint density at radius 1 is 0.462 bits per heavy atom. The summed E-state index contributed by atoms with van der Waals surface area (Å²) >= 11 is 0. The minimum Gasteiger partial charge on any atom is -0.370 e. The van der Waals surface area contributed by atoms with Crippen LogP contribution >= 0.6 is 0 Å². The van der Waals surface area contributed by atoms with Crippen molar-refractivity contribution in [2.45, 2.75) is 154 Å². The third kappa shape index (κ3) is 21.0. The van der Waals surface area contributed by atoms with E-state index in [2.05, 4.69) is 47.2 Å². The third-order valence-corrected chi connectivity index (χ3v) is 13.5. The molecule has 5 rings (SSSR count). The summed E-state index contributed by atoms with van der Waals surface area (Å²) < 4.78 is 0. The van der Waals surface area contributed by atoms with E-state index in [9.17, 15) is 33.6 Å². The Bertz CT molecular complexity index is 2720. The first-order valence-corrected chi connectivity index (χ1v) is 27.5. The van der Waals surface area contributed by atoms with Crippen LogP contribution in [0, 0.1) is 11.8 Å². The van der Waals surface area contributed by atoms with Crippen molar-refractivity contribution in [1.29, 1.82) is 0 Å². The molecule has 7 amide bonds. The number of carbonyl (C=O) groups excluding carboxylic acids is 7. The highest BCUT2D eigenvalue weighted by Crippen LogP contribution is 2.20. The van der Waals surface area contributed by atoms with E-state index in [0.29, 0.717) is 31.4 Å². The van der Waals surface area contributed by atoms with Gasteiger partial charge < -0.3 is 60.2 Å². The first-order chi connectivity index (χ1) is 37.3. The van der Waals surface area contributed by atoms with E-state index in [4.69, 9.17) is 22.9 Å². The molecule has 1 saturated heterocycles. The van der Waals surface area contributed by atoms with Gasteiger partial charge in [0.25, 0.3) is 0 Å². The molecule has 0 unspecified atom stereocenters. The average molecular weight is 1070 g/mol. The molecule has 1 aliphatic heterocycles. The Kier molecular flexibility index (Phi) is 24.6. The van der Waals surface area contributed by atoms with E-state index < -0.39 is 71.7 Å². The summed E-state index contributed by atoms with van der Waals surface area (Å²) in [7, 11) is 0. The van der Waals surface area contributed by atoms with Gasteiger partial charge in [0, 0.05) is 38.9 Å². The Morgan fingerprint density at radius 3 is 1.32 bits per heavy atom. The fourth-order valence-electron chi connectivity index (χ4n) is 9.48. The van der Waals surface area contributed by atoms with E-state index in [-0.39, 0.29) is 94.1 Å². The van der Waals surface area contributed by atoms with Crippen molar-refractivity contribution in [3.63, 3.8) is 0 Å². The van der Waals surface area contributed by atoms with Gasteiger partial charge in [-0.05, 0) is 95.9 Å². The predicted molar refractivity (Wildman–Crippen MR) is 306 cm³/mol. The summed E-state index contributed by atoms with van der Waals surface area (Å²) in [4.78, 5) is 109. The Balaban J connectivity index is 1.53. The molecule has 20 heteroatoms. The fourth-order valence-corrected chi connectivity index (χ4v) is 9.48. The lowest BCUT2D eigenvalue weighted by Gasteiger charge is -2.28. The number of guanidine groups is 2. The van der Waals surface area contributed by atoms with Crippen molar-refractivity contribution < 1.29 is 33.6 Å². The van der Waals surface area contributed by atoms with Crippen LogP contribution in [0.5, 0.6) is 0 Å². The zero-order chi connectivity index (χ0) is 56.6. The molecular weight excluding hydrogens is 991 g/mol. The van der Waals surface area contributed by atoms with Gasteiger partial charge in [-0.1, -0.05) is 132 Å². The van der Waals surface area contributed by atoms with Crippen LogP contribution in [0.25, 0.3) is 21.5 Å². The second-order valence-electron chi connectivity index (χ2n) is 21.2. The average Bonchev–Trinajstić information content (AvgIpc) is 3.42. The van der Waals surface area contributed by atoms with Crippen molar-refractivity contribution >= 4 is 74.8 Å². The zero-order valence-electron chi connectivity index (χ0n) is 45.8. The monoisotopic (exact) mass is 1070 g/mol. The van der Waals surface area contributed by atoms with Crippen LogP contribution < -0.4 is 60.2 Å². The van der Waals surface area contributed by atoms with Crippen molar-refractivity contribution in [2.75, 3.05) is 19.6 Å². The molecule has 0 aliphatic carbocycles. The van der Waals surface area contributed by atoms with Crippen LogP contribution in [0.1, 0.15) is 116 Å². The molecule has 1 aliphatic rings. The van der Waals surface area contributed by atoms with Crippen molar-refractivity contribution in [2.24, 2.45) is 44.8 Å². The second-order valence-corrected chi connectivity index (χ2v) is 21.2. The molecule has 1 fully saturated rings. The molecular formula is C58H83N13O7. The van der Waals surface area contributed by atoms with Crippen molar-refractivity contribution in [1.82, 2.24) is 37.2 Å². The van der Waals surface area contributed by atoms with Crippen molar-refractivity contribution in [3.05, 3.63) is 96.1 Å². The molecule has 0 bridgehead atoms. The number of nitrogens with two attached hydrogens (primary N) is 4. The topological polar surface area (TPSA) is 332 Å². The maximum atomic E-state index is 14.9. The number of hydrogen-bond donors (Lipinski definition) is 11. The van der Waals surface area contributed by atoms with Crippen LogP contribution in [0.2, 0.25) is 0 Å². The summed E-state index contributed by atoms with van der Waals surface area (Å²) in [5.41, 5.74) is 24.0. The van der Waals surface area contributed by atoms with Gasteiger partial charge in [-0.15, -0.1) is 0 Å². The lowest BCUT2D eigenvalue weighted by molar-refractivity contribution is -0.135. The number of hydrogen-bond acceptors (Lipinski definition) is 9. The van der Waals surface area contributed by atoms with Gasteiger partial charge in [-0.2, -0.15) is 0 Å². The highest BCUT2D eigenvalue weighted by molar-refractivity contribution is 5.97. The minimum absolute atomic E-state index is 0.00540. The summed E-state index contributed by atoms with van der Waals surface area (Å²) in [6, 6.07) is 20.1. The fraction of sp³-hybridized carbons (Fsp3) is 0.500. The van der Waals surface area contributed by atoms with Gasteiger partial charge >= 0.3 is 0 Å². The predicted octanol–water partition coefficient (Wildman–Crippen LogP) is 3.36. The van der Waals surface area contributed by atoms with E-state index in [0.717, 1.165) is 46.4 Å². The van der Waals surface area contributed by atoms with Crippen LogP contribution in [-0.2, 0) is 46.4 Å². The number of amides is 7. The molecule has 422 valence electrons. The van der Waals surface area contributed by atoms with Gasteiger partial charge in [-0.25, -0.2) is 0 Å². The number of nitrogens with zero attached hydrogens (tertiary/aromatic N) is 2. The number of fused-ring (bicyclic) bond motifs is 2. The number of aliphatic imine (C=N–C) groups is 2. The molecule has 4 aromatic rings. The highest BCUT2D eigenvalue weighted by Gasteiger charge is 2.34. The Morgan fingerprint density at radius 2 is 0.846 bits per heavy atom. The highest BCUT2D eigenvalue weighted by atomic mass is 16.2. The van der Waals surface area contributed by atoms with Gasteiger partial charge in [0.05, 0.1) is 0 Å². The molecule has 15 N–H and O–H groups in total. The minimum atomic E-state index is -1.29. The molecule has 1 heterocycles. The lowest BCUT2D eigenvalue weighted by atomic mass is 9.98. The van der Waals surface area contributed by atoms with E-state index >= 15 is 0 Å². The molecule has 78 heavy (non-hydrogen) atoms. The molecule has 0 spiro atoms. The molecule has 20 nitrogen and oxygen atoms in total. The summed E-state index contributed by atoms with van der Waals surface area (Å²) in [6.45, 7) is 8.24. The van der Waals surface area contributed by atoms with Gasteiger partial charge in [0.2, 0.25) is 41.4 Å².